The van der Waals surface area contributed by atoms with Gasteiger partial charge < -0.3 is 24.6 Å². The third-order valence-electron chi connectivity index (χ3n) is 6.82. The zero-order valence-electron chi connectivity index (χ0n) is 22.0. The first-order chi connectivity index (χ1) is 17.0. The van der Waals surface area contributed by atoms with Crippen molar-refractivity contribution < 1.29 is 19.1 Å². The summed E-state index contributed by atoms with van der Waals surface area (Å²) in [6.07, 6.45) is 4.54. The number of methoxy groups -OCH3 is 1. The summed E-state index contributed by atoms with van der Waals surface area (Å²) in [4.78, 5) is 38.5. The SMILES string of the molecule is COC(=O)c1cc(Nc2cc(C)[nH]n2)nc(N(C)[C@@H]2CCC3CC[C@@H](C2)N(C(=O)OC(C)(C)C)C3)n1. The summed E-state index contributed by atoms with van der Waals surface area (Å²) < 4.78 is 10.6. The number of nitrogens with one attached hydrogen (secondary N) is 2. The topological polar surface area (TPSA) is 126 Å². The van der Waals surface area contributed by atoms with Crippen molar-refractivity contribution in [3.63, 3.8) is 0 Å². The molecule has 36 heavy (non-hydrogen) atoms. The van der Waals surface area contributed by atoms with Crippen molar-refractivity contribution in [3.05, 3.63) is 23.5 Å². The number of rotatable bonds is 5. The van der Waals surface area contributed by atoms with Crippen molar-refractivity contribution in [2.24, 2.45) is 5.92 Å². The van der Waals surface area contributed by atoms with Gasteiger partial charge in [-0.3, -0.25) is 5.10 Å². The normalized spacial score (nSPS) is 21.9. The van der Waals surface area contributed by atoms with E-state index < -0.39 is 11.6 Å². The van der Waals surface area contributed by atoms with Crippen LogP contribution in [0.25, 0.3) is 0 Å². The number of H-pyrrole nitrogens is 1. The van der Waals surface area contributed by atoms with E-state index in [4.69, 9.17) is 9.47 Å². The number of aromatic nitrogens is 4. The zero-order valence-corrected chi connectivity index (χ0v) is 22.0. The second-order valence-electron chi connectivity index (χ2n) is 10.8. The van der Waals surface area contributed by atoms with Crippen LogP contribution in [0.5, 0.6) is 0 Å². The van der Waals surface area contributed by atoms with Gasteiger partial charge in [0.05, 0.1) is 7.11 Å². The summed E-state index contributed by atoms with van der Waals surface area (Å²) in [6.45, 7) is 8.32. The van der Waals surface area contributed by atoms with Crippen LogP contribution in [0.1, 0.15) is 69.1 Å². The first kappa shape index (κ1) is 25.7. The molecule has 1 saturated carbocycles. The van der Waals surface area contributed by atoms with E-state index in [9.17, 15) is 9.59 Å². The summed E-state index contributed by atoms with van der Waals surface area (Å²) in [5, 5.41) is 10.2. The van der Waals surface area contributed by atoms with Crippen LogP contribution >= 0.6 is 0 Å². The molecule has 2 aromatic heterocycles. The molecular weight excluding hydrogens is 462 g/mol. The largest absolute Gasteiger partial charge is 0.464 e. The lowest BCUT2D eigenvalue weighted by molar-refractivity contribution is -0.00375. The van der Waals surface area contributed by atoms with E-state index in [1.165, 1.54) is 7.11 Å². The number of piperidine rings is 1. The zero-order chi connectivity index (χ0) is 26.0. The number of aromatic amines is 1. The first-order valence-electron chi connectivity index (χ1n) is 12.5. The number of fused-ring (bicyclic) bond motifs is 5. The molecular formula is C25H37N7O4. The summed E-state index contributed by atoms with van der Waals surface area (Å²) in [6, 6.07) is 3.58. The van der Waals surface area contributed by atoms with Gasteiger partial charge in [0.15, 0.2) is 11.5 Å². The monoisotopic (exact) mass is 499 g/mol. The van der Waals surface area contributed by atoms with Gasteiger partial charge in [0.2, 0.25) is 5.95 Å². The summed E-state index contributed by atoms with van der Waals surface area (Å²) >= 11 is 0. The Morgan fingerprint density at radius 3 is 2.56 bits per heavy atom. The summed E-state index contributed by atoms with van der Waals surface area (Å²) in [7, 11) is 3.27. The Balaban J connectivity index is 1.58. The lowest BCUT2D eigenvalue weighted by Gasteiger charge is -2.45. The van der Waals surface area contributed by atoms with Crippen LogP contribution in [0.3, 0.4) is 0 Å². The maximum atomic E-state index is 13.0. The molecule has 4 heterocycles. The highest BCUT2D eigenvalue weighted by Crippen LogP contribution is 2.35. The number of hydrogen-bond donors (Lipinski definition) is 2. The predicted molar refractivity (Wildman–Crippen MR) is 135 cm³/mol. The van der Waals surface area contributed by atoms with E-state index in [-0.39, 0.29) is 23.9 Å². The van der Waals surface area contributed by atoms with Gasteiger partial charge in [0, 0.05) is 43.5 Å². The van der Waals surface area contributed by atoms with Crippen LogP contribution in [-0.4, -0.2) is 75.5 Å². The Labute approximate surface area is 212 Å². The third kappa shape index (κ3) is 6.06. The minimum Gasteiger partial charge on any atom is -0.464 e. The number of esters is 1. The lowest BCUT2D eigenvalue weighted by atomic mass is 9.81. The van der Waals surface area contributed by atoms with Crippen LogP contribution in [0.4, 0.5) is 22.4 Å². The quantitative estimate of drug-likeness (QED) is 0.586. The molecule has 1 unspecified atom stereocenters. The van der Waals surface area contributed by atoms with E-state index in [0.29, 0.717) is 23.5 Å². The van der Waals surface area contributed by atoms with E-state index in [1.54, 1.807) is 6.07 Å². The van der Waals surface area contributed by atoms with Gasteiger partial charge in [-0.05, 0) is 65.7 Å². The van der Waals surface area contributed by atoms with Crippen molar-refractivity contribution in [1.82, 2.24) is 25.1 Å². The average Bonchev–Trinajstić information content (AvgIpc) is 3.21. The molecule has 2 saturated heterocycles. The first-order valence-corrected chi connectivity index (χ1v) is 12.5. The standard InChI is InChI=1S/C25H37N7O4/c1-15-11-21(30-29-15)27-20-13-19(22(33)35-6)26-23(28-20)31(5)17-9-7-16-8-10-18(12-17)32(14-16)24(34)36-25(2,3)4/h11,13,16-18H,7-10,12,14H2,1-6H3,(H2,26,27,28,29,30)/t16?,17-,18+/m1/s1. The van der Waals surface area contributed by atoms with E-state index in [1.807, 2.05) is 50.6 Å². The van der Waals surface area contributed by atoms with Crippen LogP contribution in [0, 0.1) is 12.8 Å². The molecule has 3 atom stereocenters. The fourth-order valence-corrected chi connectivity index (χ4v) is 4.98. The highest BCUT2D eigenvalue weighted by Gasteiger charge is 2.39. The van der Waals surface area contributed by atoms with E-state index >= 15 is 0 Å². The molecule has 2 N–H and O–H groups in total. The molecule has 2 bridgehead atoms. The Hall–Kier alpha value is -3.37. The Kier molecular flexibility index (Phi) is 7.37. The molecule has 1 aliphatic carbocycles. The Morgan fingerprint density at radius 1 is 1.14 bits per heavy atom. The number of nitrogens with zero attached hydrogens (tertiary/aromatic N) is 5. The number of carbonyl (C=O) groups excluding carboxylic acids is 2. The van der Waals surface area contributed by atoms with Crippen molar-refractivity contribution >= 4 is 29.6 Å². The molecule has 0 spiro atoms. The lowest BCUT2D eigenvalue weighted by Crippen LogP contribution is -2.53. The summed E-state index contributed by atoms with van der Waals surface area (Å²) in [5.74, 6) is 1.35. The molecule has 2 aromatic rings. The van der Waals surface area contributed by atoms with Crippen LogP contribution < -0.4 is 10.2 Å². The molecule has 0 radical (unpaired) electrons. The van der Waals surface area contributed by atoms with E-state index in [2.05, 4.69) is 25.5 Å². The number of ether oxygens (including phenoxy) is 2. The smallest absolute Gasteiger partial charge is 0.410 e. The fourth-order valence-electron chi connectivity index (χ4n) is 4.98. The second-order valence-corrected chi connectivity index (χ2v) is 10.8. The van der Waals surface area contributed by atoms with Gasteiger partial charge in [-0.1, -0.05) is 0 Å². The average molecular weight is 500 g/mol. The molecule has 11 heteroatoms. The van der Waals surface area contributed by atoms with Gasteiger partial charge in [0.25, 0.3) is 0 Å². The maximum absolute atomic E-state index is 13.0. The summed E-state index contributed by atoms with van der Waals surface area (Å²) in [5.41, 5.74) is 0.524. The molecule has 1 amide bonds. The van der Waals surface area contributed by atoms with Gasteiger partial charge in [-0.15, -0.1) is 0 Å². The second kappa shape index (κ2) is 10.3. The Morgan fingerprint density at radius 2 is 1.89 bits per heavy atom. The molecule has 196 valence electrons. The number of carbonyl (C=O) groups is 2. The molecule has 5 rings (SSSR count). The van der Waals surface area contributed by atoms with Gasteiger partial charge in [0.1, 0.15) is 11.4 Å². The number of amides is 1. The fraction of sp³-hybridized carbons (Fsp3) is 0.640. The van der Waals surface area contributed by atoms with E-state index in [0.717, 1.165) is 44.3 Å². The highest BCUT2D eigenvalue weighted by molar-refractivity contribution is 5.88. The molecule has 11 nitrogen and oxygen atoms in total. The van der Waals surface area contributed by atoms with Crippen LogP contribution in [0.15, 0.2) is 12.1 Å². The number of anilines is 3. The highest BCUT2D eigenvalue weighted by atomic mass is 16.6. The van der Waals surface area contributed by atoms with Gasteiger partial charge in [-0.2, -0.15) is 10.1 Å². The minimum atomic E-state index is -0.541. The maximum Gasteiger partial charge on any atom is 0.410 e. The molecule has 2 aliphatic heterocycles. The van der Waals surface area contributed by atoms with Crippen molar-refractivity contribution in [2.45, 2.75) is 77.5 Å². The third-order valence-corrected chi connectivity index (χ3v) is 6.82. The number of aryl methyl sites for hydroxylation is 1. The van der Waals surface area contributed by atoms with Crippen molar-refractivity contribution in [2.75, 3.05) is 30.9 Å². The molecule has 3 fully saturated rings. The van der Waals surface area contributed by atoms with Gasteiger partial charge in [-0.25, -0.2) is 14.6 Å². The van der Waals surface area contributed by atoms with Gasteiger partial charge >= 0.3 is 12.1 Å². The van der Waals surface area contributed by atoms with Crippen LogP contribution in [0.2, 0.25) is 0 Å². The predicted octanol–water partition coefficient (Wildman–Crippen LogP) is 4.04. The Bertz CT molecular complexity index is 1100. The van der Waals surface area contributed by atoms with Crippen molar-refractivity contribution in [3.8, 4) is 0 Å². The minimum absolute atomic E-state index is 0.0808. The molecule has 3 aliphatic rings. The number of hydrogen-bond acceptors (Lipinski definition) is 9. The molecule has 0 aromatic carbocycles. The van der Waals surface area contributed by atoms with Crippen molar-refractivity contribution in [1.29, 1.82) is 0 Å². The van der Waals surface area contributed by atoms with Crippen LogP contribution in [-0.2, 0) is 9.47 Å².